The van der Waals surface area contributed by atoms with E-state index in [9.17, 15) is 13.2 Å². The number of nitrogens with zero attached hydrogens (tertiary/aromatic N) is 4. The minimum Gasteiger partial charge on any atom is -0.438 e. The summed E-state index contributed by atoms with van der Waals surface area (Å²) >= 11 is 3.40. The summed E-state index contributed by atoms with van der Waals surface area (Å²) in [5, 5.41) is 8.30. The van der Waals surface area contributed by atoms with Crippen LogP contribution in [0, 0.1) is 5.41 Å². The molecule has 0 unspecified atom stereocenters. The Morgan fingerprint density at radius 3 is 2.54 bits per heavy atom. The van der Waals surface area contributed by atoms with Crippen LogP contribution in [-0.4, -0.2) is 20.0 Å². The monoisotopic (exact) mass is 428 g/mol. The fourth-order valence-corrected chi connectivity index (χ4v) is 2.88. The summed E-state index contributed by atoms with van der Waals surface area (Å²) in [5.41, 5.74) is 0.565. The van der Waals surface area contributed by atoms with E-state index in [1.165, 1.54) is 0 Å². The maximum absolute atomic E-state index is 12.8. The zero-order valence-corrected chi connectivity index (χ0v) is 15.9. The Kier molecular flexibility index (Phi) is 4.68. The van der Waals surface area contributed by atoms with E-state index in [2.05, 4.69) is 52.0 Å². The van der Waals surface area contributed by atoms with Crippen molar-refractivity contribution in [1.82, 2.24) is 20.0 Å². The summed E-state index contributed by atoms with van der Waals surface area (Å²) in [6.07, 6.45) is -3.40. The van der Waals surface area contributed by atoms with Gasteiger partial charge in [-0.25, -0.2) is 9.67 Å². The predicted molar refractivity (Wildman–Crippen MR) is 94.0 cm³/mol. The molecule has 0 saturated heterocycles. The molecule has 3 aromatic rings. The molecule has 138 valence electrons. The normalized spacial score (nSPS) is 12.6. The molecule has 0 fully saturated rings. The van der Waals surface area contributed by atoms with E-state index in [1.807, 2.05) is 0 Å². The van der Waals surface area contributed by atoms with Gasteiger partial charge in [0.25, 0.3) is 0 Å². The van der Waals surface area contributed by atoms with Crippen molar-refractivity contribution in [3.63, 3.8) is 0 Å². The second-order valence-electron chi connectivity index (χ2n) is 7.04. The lowest BCUT2D eigenvalue weighted by Crippen LogP contribution is -2.16. The number of rotatable bonds is 3. The summed E-state index contributed by atoms with van der Waals surface area (Å²) in [7, 11) is 0. The average Bonchev–Trinajstić information content (AvgIpc) is 2.91. The number of ether oxygens (including phenoxy) is 1. The van der Waals surface area contributed by atoms with Gasteiger partial charge in [0.15, 0.2) is 0 Å². The van der Waals surface area contributed by atoms with E-state index >= 15 is 0 Å². The molecule has 1 aromatic carbocycles. The van der Waals surface area contributed by atoms with Gasteiger partial charge in [0.1, 0.15) is 11.3 Å². The van der Waals surface area contributed by atoms with Crippen molar-refractivity contribution >= 4 is 27.0 Å². The van der Waals surface area contributed by atoms with Crippen molar-refractivity contribution in [2.75, 3.05) is 0 Å². The van der Waals surface area contributed by atoms with E-state index in [1.54, 1.807) is 16.8 Å². The molecule has 3 rings (SSSR count). The lowest BCUT2D eigenvalue weighted by Gasteiger charge is -2.18. The molecule has 0 atom stereocenters. The fraction of sp³-hybridized carbons (Fsp3) is 0.353. The lowest BCUT2D eigenvalue weighted by molar-refractivity contribution is -0.137. The van der Waals surface area contributed by atoms with Crippen LogP contribution in [0.15, 0.2) is 34.9 Å². The zero-order valence-electron chi connectivity index (χ0n) is 14.3. The first-order valence-electron chi connectivity index (χ1n) is 7.77. The summed E-state index contributed by atoms with van der Waals surface area (Å²) in [5.74, 6) is 0.161. The molecular formula is C17H16BrF3N4O. The van der Waals surface area contributed by atoms with Crippen molar-refractivity contribution in [3.05, 3.63) is 40.5 Å². The van der Waals surface area contributed by atoms with Crippen LogP contribution in [0.1, 0.15) is 26.3 Å². The maximum atomic E-state index is 12.8. The van der Waals surface area contributed by atoms with Gasteiger partial charge in [0.05, 0.1) is 15.6 Å². The maximum Gasteiger partial charge on any atom is 0.416 e. The van der Waals surface area contributed by atoms with Crippen LogP contribution >= 0.6 is 15.9 Å². The lowest BCUT2D eigenvalue weighted by atomic mass is 9.97. The van der Waals surface area contributed by atoms with Crippen LogP contribution in [0.3, 0.4) is 0 Å². The van der Waals surface area contributed by atoms with Crippen LogP contribution in [0.4, 0.5) is 13.2 Å². The van der Waals surface area contributed by atoms with Gasteiger partial charge in [0.2, 0.25) is 5.88 Å². The Bertz CT molecular complexity index is 947. The summed E-state index contributed by atoms with van der Waals surface area (Å²) in [6.45, 7) is 6.94. The largest absolute Gasteiger partial charge is 0.438 e. The molecule has 5 nitrogen and oxygen atoms in total. The molecular weight excluding hydrogens is 413 g/mol. The number of benzene rings is 1. The molecule has 0 aliphatic carbocycles. The highest BCUT2D eigenvalue weighted by molar-refractivity contribution is 9.10. The Morgan fingerprint density at radius 1 is 1.15 bits per heavy atom. The number of fused-ring (bicyclic) bond motifs is 1. The first kappa shape index (κ1) is 18.6. The van der Waals surface area contributed by atoms with Crippen LogP contribution in [0.2, 0.25) is 0 Å². The molecule has 2 aromatic heterocycles. The van der Waals surface area contributed by atoms with Gasteiger partial charge in [-0.15, -0.1) is 5.10 Å². The third-order valence-corrected chi connectivity index (χ3v) is 4.26. The van der Waals surface area contributed by atoms with E-state index in [0.29, 0.717) is 22.3 Å². The van der Waals surface area contributed by atoms with Crippen molar-refractivity contribution < 1.29 is 17.9 Å². The molecule has 2 heterocycles. The molecule has 0 saturated carbocycles. The van der Waals surface area contributed by atoms with Gasteiger partial charge >= 0.3 is 6.18 Å². The second-order valence-corrected chi connectivity index (χ2v) is 7.83. The van der Waals surface area contributed by atoms with Gasteiger partial charge in [0, 0.05) is 18.8 Å². The minimum absolute atomic E-state index is 0.0181. The quantitative estimate of drug-likeness (QED) is 0.556. The van der Waals surface area contributed by atoms with Crippen molar-refractivity contribution in [2.45, 2.75) is 33.5 Å². The van der Waals surface area contributed by atoms with E-state index in [4.69, 9.17) is 4.74 Å². The number of hydrogen-bond acceptors (Lipinski definition) is 4. The van der Waals surface area contributed by atoms with Gasteiger partial charge in [-0.2, -0.15) is 13.2 Å². The minimum atomic E-state index is -4.46. The van der Waals surface area contributed by atoms with Gasteiger partial charge in [-0.3, -0.25) is 0 Å². The standard InChI is InChI=1S/C17H16BrF3N4O/c1-16(2,3)9-25-11-4-5-12(14(18)15(11)23-24-25)26-13-8-10(6-7-22-13)17(19,20)21/h4-8H,9H2,1-3H3. The highest BCUT2D eigenvalue weighted by atomic mass is 79.9. The third kappa shape index (κ3) is 3.98. The highest BCUT2D eigenvalue weighted by Crippen LogP contribution is 2.36. The summed E-state index contributed by atoms with van der Waals surface area (Å²) in [6, 6.07) is 5.17. The van der Waals surface area contributed by atoms with Crippen LogP contribution < -0.4 is 4.74 Å². The Hall–Kier alpha value is -2.16. The molecule has 26 heavy (non-hydrogen) atoms. The molecule has 0 bridgehead atoms. The van der Waals surface area contributed by atoms with Gasteiger partial charge < -0.3 is 4.74 Å². The topological polar surface area (TPSA) is 52.8 Å². The zero-order chi connectivity index (χ0) is 19.1. The van der Waals surface area contributed by atoms with Crippen molar-refractivity contribution in [1.29, 1.82) is 0 Å². The van der Waals surface area contributed by atoms with Crippen LogP contribution in [0.5, 0.6) is 11.6 Å². The van der Waals surface area contributed by atoms with Gasteiger partial charge in [-0.05, 0) is 39.5 Å². The molecule has 0 amide bonds. The summed E-state index contributed by atoms with van der Waals surface area (Å²) < 4.78 is 46.3. The molecule has 9 heteroatoms. The van der Waals surface area contributed by atoms with Crippen molar-refractivity contribution in [3.8, 4) is 11.6 Å². The Morgan fingerprint density at radius 2 is 1.88 bits per heavy atom. The Balaban J connectivity index is 1.94. The van der Waals surface area contributed by atoms with E-state index < -0.39 is 11.7 Å². The van der Waals surface area contributed by atoms with E-state index in [-0.39, 0.29) is 11.3 Å². The van der Waals surface area contributed by atoms with Gasteiger partial charge in [-0.1, -0.05) is 26.0 Å². The first-order chi connectivity index (χ1) is 12.0. The van der Waals surface area contributed by atoms with Crippen molar-refractivity contribution in [2.24, 2.45) is 5.41 Å². The molecule has 0 N–H and O–H groups in total. The van der Waals surface area contributed by atoms with E-state index in [0.717, 1.165) is 23.8 Å². The van der Waals surface area contributed by atoms with Crippen LogP contribution in [-0.2, 0) is 12.7 Å². The molecule has 0 aliphatic heterocycles. The summed E-state index contributed by atoms with van der Waals surface area (Å²) in [4.78, 5) is 3.84. The second kappa shape index (κ2) is 6.53. The number of pyridine rings is 1. The smallest absolute Gasteiger partial charge is 0.416 e. The molecule has 0 spiro atoms. The number of hydrogen-bond donors (Lipinski definition) is 0. The fourth-order valence-electron chi connectivity index (χ4n) is 2.39. The number of aromatic nitrogens is 4. The molecule has 0 aliphatic rings. The Labute approximate surface area is 156 Å². The highest BCUT2D eigenvalue weighted by Gasteiger charge is 2.31. The first-order valence-corrected chi connectivity index (χ1v) is 8.57. The predicted octanol–water partition coefficient (Wildman–Crippen LogP) is 5.45. The average molecular weight is 429 g/mol. The number of alkyl halides is 3. The number of halogens is 4. The van der Waals surface area contributed by atoms with Crippen LogP contribution in [0.25, 0.3) is 11.0 Å². The third-order valence-electron chi connectivity index (χ3n) is 3.49. The molecule has 0 radical (unpaired) electrons. The SMILES string of the molecule is CC(C)(C)Cn1nnc2c(Br)c(Oc3cc(C(F)(F)F)ccn3)ccc21.